The van der Waals surface area contributed by atoms with Gasteiger partial charge in [0.15, 0.2) is 5.82 Å². The molecule has 0 amide bonds. The van der Waals surface area contributed by atoms with E-state index < -0.39 is 0 Å². The number of benzene rings is 2. The van der Waals surface area contributed by atoms with Crippen molar-refractivity contribution in [2.75, 3.05) is 26.1 Å². The molecule has 0 aliphatic rings. The number of hydrogen-bond acceptors (Lipinski definition) is 5. The van der Waals surface area contributed by atoms with Crippen LogP contribution < -0.4 is 9.64 Å². The summed E-state index contributed by atoms with van der Waals surface area (Å²) >= 11 is 5.31. The van der Waals surface area contributed by atoms with Gasteiger partial charge in [-0.25, -0.2) is 5.10 Å². The van der Waals surface area contributed by atoms with Crippen LogP contribution in [0.4, 0.5) is 5.69 Å². The number of hydrogen-bond donors (Lipinski definition) is 1. The predicted octanol–water partition coefficient (Wildman–Crippen LogP) is 3.56. The molecule has 0 aliphatic carbocycles. The van der Waals surface area contributed by atoms with Gasteiger partial charge < -0.3 is 9.64 Å². The third kappa shape index (κ3) is 3.61. The number of ether oxygens (including phenoxy) is 1. The van der Waals surface area contributed by atoms with E-state index in [1.54, 1.807) is 18.0 Å². The monoisotopic (exact) mass is 353 g/mol. The fourth-order valence-electron chi connectivity index (χ4n) is 2.39. The zero-order valence-electron chi connectivity index (χ0n) is 14.3. The molecule has 1 aromatic heterocycles. The van der Waals surface area contributed by atoms with Gasteiger partial charge in [0.25, 0.3) is 0 Å². The molecule has 3 rings (SSSR count). The highest BCUT2D eigenvalue weighted by molar-refractivity contribution is 7.71. The van der Waals surface area contributed by atoms with Gasteiger partial charge in [-0.05, 0) is 48.6 Å². The number of nitrogens with zero attached hydrogens (tertiary/aromatic N) is 4. The van der Waals surface area contributed by atoms with Gasteiger partial charge in [-0.1, -0.05) is 12.1 Å². The Balaban J connectivity index is 1.97. The number of anilines is 1. The number of H-pyrrole nitrogens is 1. The lowest BCUT2D eigenvalue weighted by atomic mass is 10.2. The number of rotatable bonds is 5. The highest BCUT2D eigenvalue weighted by atomic mass is 32.1. The van der Waals surface area contributed by atoms with Crippen molar-refractivity contribution in [3.05, 3.63) is 58.9 Å². The number of methoxy groups -OCH3 is 1. The van der Waals surface area contributed by atoms with Crippen LogP contribution in [0.25, 0.3) is 11.4 Å². The second-order valence-electron chi connectivity index (χ2n) is 5.59. The van der Waals surface area contributed by atoms with E-state index in [1.165, 1.54) is 0 Å². The van der Waals surface area contributed by atoms with Gasteiger partial charge in [-0.2, -0.15) is 14.9 Å². The molecule has 25 heavy (non-hydrogen) atoms. The summed E-state index contributed by atoms with van der Waals surface area (Å²) in [4.78, 5) is 2.04. The molecule has 0 atom stereocenters. The summed E-state index contributed by atoms with van der Waals surface area (Å²) in [6.07, 6.45) is 1.71. The summed E-state index contributed by atoms with van der Waals surface area (Å²) in [5, 5.41) is 11.6. The van der Waals surface area contributed by atoms with Crippen LogP contribution in [-0.4, -0.2) is 42.3 Å². The van der Waals surface area contributed by atoms with Crippen LogP contribution in [0.2, 0.25) is 0 Å². The number of para-hydroxylation sites is 1. The second-order valence-corrected chi connectivity index (χ2v) is 5.98. The zero-order valence-corrected chi connectivity index (χ0v) is 15.1. The largest absolute Gasteiger partial charge is 0.496 e. The van der Waals surface area contributed by atoms with Gasteiger partial charge in [0.1, 0.15) is 5.75 Å². The lowest BCUT2D eigenvalue weighted by molar-refractivity contribution is 0.414. The zero-order chi connectivity index (χ0) is 17.8. The van der Waals surface area contributed by atoms with Crippen molar-refractivity contribution in [1.29, 1.82) is 0 Å². The molecule has 128 valence electrons. The fraction of sp³-hybridized carbons (Fsp3) is 0.167. The van der Waals surface area contributed by atoms with Crippen LogP contribution in [0, 0.1) is 4.77 Å². The van der Waals surface area contributed by atoms with Crippen LogP contribution in [0.15, 0.2) is 53.6 Å². The standard InChI is InChI=1S/C18H19N5OS/c1-22(2)15-10-8-13(9-11-15)17-20-21-18(25)23(17)19-12-14-6-4-5-7-16(14)24-3/h4-12H,1-3H3,(H,21,25). The summed E-state index contributed by atoms with van der Waals surface area (Å²) in [6, 6.07) is 15.7. The molecule has 7 heteroatoms. The average Bonchev–Trinajstić information content (AvgIpc) is 3.00. The maximum absolute atomic E-state index is 5.34. The van der Waals surface area contributed by atoms with Crippen molar-refractivity contribution >= 4 is 24.1 Å². The molecule has 0 fully saturated rings. The molecule has 6 nitrogen and oxygen atoms in total. The van der Waals surface area contributed by atoms with Crippen molar-refractivity contribution < 1.29 is 4.74 Å². The molecule has 0 saturated heterocycles. The third-order valence-corrected chi connectivity index (χ3v) is 4.01. The summed E-state index contributed by atoms with van der Waals surface area (Å²) in [6.45, 7) is 0. The minimum atomic E-state index is 0.429. The Morgan fingerprint density at radius 1 is 1.16 bits per heavy atom. The first-order valence-corrected chi connectivity index (χ1v) is 8.13. The summed E-state index contributed by atoms with van der Waals surface area (Å²) in [5.74, 6) is 1.40. The Bertz CT molecular complexity index is 941. The van der Waals surface area contributed by atoms with Gasteiger partial charge in [0, 0.05) is 30.9 Å². The fourth-order valence-corrected chi connectivity index (χ4v) is 2.57. The molecule has 0 saturated carbocycles. The minimum Gasteiger partial charge on any atom is -0.496 e. The van der Waals surface area contributed by atoms with E-state index in [2.05, 4.69) is 15.3 Å². The Kier molecular flexibility index (Phi) is 4.95. The Hall–Kier alpha value is -2.93. The van der Waals surface area contributed by atoms with Crippen LogP contribution in [0.1, 0.15) is 5.56 Å². The molecule has 3 aromatic rings. The van der Waals surface area contributed by atoms with Gasteiger partial charge in [0.05, 0.1) is 13.3 Å². The molecule has 0 radical (unpaired) electrons. The predicted molar refractivity (Wildman–Crippen MR) is 103 cm³/mol. The molecule has 0 aliphatic heterocycles. The summed E-state index contributed by atoms with van der Waals surface area (Å²) < 4.78 is 7.37. The normalized spacial score (nSPS) is 11.0. The topological polar surface area (TPSA) is 58.4 Å². The van der Waals surface area contributed by atoms with E-state index in [-0.39, 0.29) is 0 Å². The van der Waals surface area contributed by atoms with Crippen LogP contribution >= 0.6 is 12.2 Å². The van der Waals surface area contributed by atoms with E-state index in [0.717, 1.165) is 22.6 Å². The quantitative estimate of drug-likeness (QED) is 0.563. The average molecular weight is 353 g/mol. The van der Waals surface area contributed by atoms with Crippen molar-refractivity contribution in [3.8, 4) is 17.1 Å². The minimum absolute atomic E-state index is 0.429. The van der Waals surface area contributed by atoms with E-state index >= 15 is 0 Å². The highest BCUT2D eigenvalue weighted by Gasteiger charge is 2.09. The Labute approximate surface area is 151 Å². The Morgan fingerprint density at radius 3 is 2.56 bits per heavy atom. The highest BCUT2D eigenvalue weighted by Crippen LogP contribution is 2.21. The lowest BCUT2D eigenvalue weighted by Crippen LogP contribution is -2.08. The molecule has 0 bridgehead atoms. The van der Waals surface area contributed by atoms with Crippen molar-refractivity contribution in [2.24, 2.45) is 5.10 Å². The van der Waals surface area contributed by atoms with Gasteiger partial charge in [0.2, 0.25) is 4.77 Å². The van der Waals surface area contributed by atoms with E-state index in [0.29, 0.717) is 10.6 Å². The molecule has 1 heterocycles. The molecule has 1 N–H and O–H groups in total. The Morgan fingerprint density at radius 2 is 1.88 bits per heavy atom. The molecule has 0 unspecified atom stereocenters. The first-order chi connectivity index (χ1) is 12.1. The lowest BCUT2D eigenvalue weighted by Gasteiger charge is -2.12. The molecular weight excluding hydrogens is 334 g/mol. The summed E-state index contributed by atoms with van der Waals surface area (Å²) in [5.41, 5.74) is 2.90. The van der Waals surface area contributed by atoms with Crippen molar-refractivity contribution in [2.45, 2.75) is 0 Å². The van der Waals surface area contributed by atoms with Gasteiger partial charge in [-0.15, -0.1) is 0 Å². The first kappa shape index (κ1) is 16.9. The van der Waals surface area contributed by atoms with Crippen LogP contribution in [-0.2, 0) is 0 Å². The van der Waals surface area contributed by atoms with Crippen LogP contribution in [0.5, 0.6) is 5.75 Å². The molecular formula is C18H19N5OS. The molecule has 2 aromatic carbocycles. The van der Waals surface area contributed by atoms with Crippen molar-refractivity contribution in [3.63, 3.8) is 0 Å². The number of aromatic nitrogens is 3. The van der Waals surface area contributed by atoms with Crippen molar-refractivity contribution in [1.82, 2.24) is 14.9 Å². The van der Waals surface area contributed by atoms with Crippen LogP contribution in [0.3, 0.4) is 0 Å². The summed E-state index contributed by atoms with van der Waals surface area (Å²) in [7, 11) is 5.64. The molecule has 0 spiro atoms. The number of nitrogens with one attached hydrogen (secondary N) is 1. The van der Waals surface area contributed by atoms with E-state index in [4.69, 9.17) is 17.0 Å². The third-order valence-electron chi connectivity index (χ3n) is 3.74. The van der Waals surface area contributed by atoms with Gasteiger partial charge >= 0.3 is 0 Å². The maximum atomic E-state index is 5.34. The number of aromatic amines is 1. The maximum Gasteiger partial charge on any atom is 0.216 e. The van der Waals surface area contributed by atoms with Gasteiger partial charge in [-0.3, -0.25) is 0 Å². The second kappa shape index (κ2) is 7.31. The smallest absolute Gasteiger partial charge is 0.216 e. The van der Waals surface area contributed by atoms with E-state index in [1.807, 2.05) is 67.5 Å². The SMILES string of the molecule is COc1ccccc1C=Nn1c(-c2ccc(N(C)C)cc2)n[nH]c1=S. The van der Waals surface area contributed by atoms with E-state index in [9.17, 15) is 0 Å². The first-order valence-electron chi connectivity index (χ1n) is 7.72.